The lowest BCUT2D eigenvalue weighted by Gasteiger charge is -2.09. The molecule has 1 N–H and O–H groups in total. The monoisotopic (exact) mass is 323 g/mol. The van der Waals surface area contributed by atoms with Crippen molar-refractivity contribution in [2.45, 2.75) is 13.5 Å². The van der Waals surface area contributed by atoms with Gasteiger partial charge < -0.3 is 14.5 Å². The summed E-state index contributed by atoms with van der Waals surface area (Å²) in [6.07, 6.45) is 0. The van der Waals surface area contributed by atoms with E-state index in [0.29, 0.717) is 35.4 Å². The van der Waals surface area contributed by atoms with Crippen LogP contribution in [-0.2, 0) is 6.54 Å². The minimum absolute atomic E-state index is 0.292. The molecule has 1 heterocycles. The fourth-order valence-corrected chi connectivity index (χ4v) is 2.46. The highest BCUT2D eigenvalue weighted by Gasteiger charge is 2.13. The zero-order valence-electron chi connectivity index (χ0n) is 13.2. The van der Waals surface area contributed by atoms with Crippen LogP contribution in [-0.4, -0.2) is 12.5 Å². The van der Waals surface area contributed by atoms with Crippen molar-refractivity contribution in [3.8, 4) is 5.75 Å². The smallest absolute Gasteiger partial charge is 0.337 e. The summed E-state index contributed by atoms with van der Waals surface area (Å²) in [5.41, 5.74) is 1.04. The second-order valence-corrected chi connectivity index (χ2v) is 5.24. The van der Waals surface area contributed by atoms with Gasteiger partial charge in [-0.05, 0) is 24.6 Å². The highest BCUT2D eigenvalue weighted by Crippen LogP contribution is 2.22. The molecule has 0 saturated heterocycles. The zero-order chi connectivity index (χ0) is 16.9. The predicted octanol–water partition coefficient (Wildman–Crippen LogP) is 3.12. The molecule has 5 heteroatoms. The molecular formula is C19H17NO4. The molecule has 122 valence electrons. The summed E-state index contributed by atoms with van der Waals surface area (Å²) in [6.45, 7) is 2.76. The van der Waals surface area contributed by atoms with E-state index in [0.717, 1.165) is 5.56 Å². The molecule has 0 saturated carbocycles. The van der Waals surface area contributed by atoms with Gasteiger partial charge >= 0.3 is 5.63 Å². The zero-order valence-corrected chi connectivity index (χ0v) is 13.2. The highest BCUT2D eigenvalue weighted by molar-refractivity contribution is 6.05. The number of amides is 1. The first-order valence-electron chi connectivity index (χ1n) is 7.70. The van der Waals surface area contributed by atoms with Gasteiger partial charge in [-0.3, -0.25) is 4.79 Å². The Morgan fingerprint density at radius 1 is 1.12 bits per heavy atom. The van der Waals surface area contributed by atoms with E-state index in [2.05, 4.69) is 5.32 Å². The first-order valence-corrected chi connectivity index (χ1v) is 7.70. The van der Waals surface area contributed by atoms with E-state index in [1.807, 2.05) is 37.3 Å². The molecule has 0 aliphatic carbocycles. The van der Waals surface area contributed by atoms with Gasteiger partial charge in [0, 0.05) is 24.1 Å². The van der Waals surface area contributed by atoms with Gasteiger partial charge in [0.15, 0.2) is 0 Å². The van der Waals surface area contributed by atoms with Crippen molar-refractivity contribution in [2.75, 3.05) is 6.61 Å². The largest absolute Gasteiger partial charge is 0.494 e. The van der Waals surface area contributed by atoms with E-state index in [9.17, 15) is 9.59 Å². The standard InChI is InChI=1S/C19H17NO4/c1-2-23-14-8-9-15-16(11-18(21)24-17(15)10-14)19(22)20-12-13-6-4-3-5-7-13/h3-11H,2,12H2,1H3,(H,20,22). The maximum Gasteiger partial charge on any atom is 0.337 e. The summed E-state index contributed by atoms with van der Waals surface area (Å²) in [6, 6.07) is 15.9. The molecule has 0 atom stereocenters. The van der Waals surface area contributed by atoms with Crippen molar-refractivity contribution in [1.29, 1.82) is 0 Å². The lowest BCUT2D eigenvalue weighted by atomic mass is 10.1. The highest BCUT2D eigenvalue weighted by atomic mass is 16.5. The van der Waals surface area contributed by atoms with Crippen LogP contribution in [0.1, 0.15) is 22.8 Å². The summed E-state index contributed by atoms with van der Waals surface area (Å²) < 4.78 is 10.6. The van der Waals surface area contributed by atoms with Crippen LogP contribution in [0, 0.1) is 0 Å². The van der Waals surface area contributed by atoms with Crippen molar-refractivity contribution in [1.82, 2.24) is 5.32 Å². The first-order chi connectivity index (χ1) is 11.7. The Balaban J connectivity index is 1.90. The average molecular weight is 323 g/mol. The van der Waals surface area contributed by atoms with Crippen molar-refractivity contribution in [3.05, 3.63) is 76.1 Å². The van der Waals surface area contributed by atoms with Crippen molar-refractivity contribution >= 4 is 16.9 Å². The Bertz CT molecular complexity index is 916. The average Bonchev–Trinajstić information content (AvgIpc) is 2.60. The van der Waals surface area contributed by atoms with Crippen molar-refractivity contribution < 1.29 is 13.9 Å². The normalized spacial score (nSPS) is 10.5. The number of benzene rings is 2. The molecule has 0 unspecified atom stereocenters. The van der Waals surface area contributed by atoms with Gasteiger partial charge in [-0.15, -0.1) is 0 Å². The molecule has 5 nitrogen and oxygen atoms in total. The topological polar surface area (TPSA) is 68.5 Å². The van der Waals surface area contributed by atoms with Gasteiger partial charge in [0.25, 0.3) is 5.91 Å². The number of hydrogen-bond acceptors (Lipinski definition) is 4. The van der Waals surface area contributed by atoms with Gasteiger partial charge in [0.2, 0.25) is 0 Å². The molecule has 0 aliphatic rings. The molecule has 3 rings (SSSR count). The van der Waals surface area contributed by atoms with Crippen LogP contribution in [0.25, 0.3) is 11.0 Å². The van der Waals surface area contributed by atoms with E-state index in [-0.39, 0.29) is 5.91 Å². The molecule has 3 aromatic rings. The van der Waals surface area contributed by atoms with Crippen LogP contribution < -0.4 is 15.7 Å². The summed E-state index contributed by atoms with van der Waals surface area (Å²) in [5, 5.41) is 3.40. The number of rotatable bonds is 5. The Morgan fingerprint density at radius 3 is 2.67 bits per heavy atom. The molecule has 0 spiro atoms. The van der Waals surface area contributed by atoms with Crippen molar-refractivity contribution in [3.63, 3.8) is 0 Å². The van der Waals surface area contributed by atoms with Crippen molar-refractivity contribution in [2.24, 2.45) is 0 Å². The Hall–Kier alpha value is -3.08. The van der Waals surface area contributed by atoms with Crippen LogP contribution in [0.4, 0.5) is 0 Å². The minimum Gasteiger partial charge on any atom is -0.494 e. The molecule has 1 amide bonds. The second-order valence-electron chi connectivity index (χ2n) is 5.24. The van der Waals surface area contributed by atoms with E-state index < -0.39 is 5.63 Å². The van der Waals surface area contributed by atoms with E-state index in [1.165, 1.54) is 6.07 Å². The van der Waals surface area contributed by atoms with Crippen LogP contribution in [0.15, 0.2) is 63.8 Å². The molecule has 0 fully saturated rings. The number of hydrogen-bond donors (Lipinski definition) is 1. The lowest BCUT2D eigenvalue weighted by molar-refractivity contribution is 0.0952. The molecule has 0 radical (unpaired) electrons. The van der Waals surface area contributed by atoms with Crippen LogP contribution in [0.3, 0.4) is 0 Å². The second kappa shape index (κ2) is 7.00. The number of carbonyl (C=O) groups is 1. The maximum absolute atomic E-state index is 12.5. The molecule has 0 aliphatic heterocycles. The molecule has 0 bridgehead atoms. The SMILES string of the molecule is CCOc1ccc2c(C(=O)NCc3ccccc3)cc(=O)oc2c1. The summed E-state index contributed by atoms with van der Waals surface area (Å²) in [7, 11) is 0. The fourth-order valence-electron chi connectivity index (χ4n) is 2.46. The van der Waals surface area contributed by atoms with Crippen LogP contribution in [0.2, 0.25) is 0 Å². The van der Waals surface area contributed by atoms with E-state index in [4.69, 9.17) is 9.15 Å². The number of fused-ring (bicyclic) bond motifs is 1. The minimum atomic E-state index is -0.569. The number of ether oxygens (including phenoxy) is 1. The fraction of sp³-hybridized carbons (Fsp3) is 0.158. The Morgan fingerprint density at radius 2 is 1.92 bits per heavy atom. The summed E-state index contributed by atoms with van der Waals surface area (Å²) >= 11 is 0. The molecule has 1 aromatic heterocycles. The number of carbonyl (C=O) groups excluding carboxylic acids is 1. The van der Waals surface area contributed by atoms with Gasteiger partial charge in [-0.1, -0.05) is 30.3 Å². The third-order valence-electron chi connectivity index (χ3n) is 3.57. The van der Waals surface area contributed by atoms with Gasteiger partial charge in [0.05, 0.1) is 12.2 Å². The third-order valence-corrected chi connectivity index (χ3v) is 3.57. The van der Waals surface area contributed by atoms with Gasteiger partial charge in [-0.2, -0.15) is 0 Å². The quantitative estimate of drug-likeness (QED) is 0.733. The maximum atomic E-state index is 12.5. The van der Waals surface area contributed by atoms with Crippen LogP contribution >= 0.6 is 0 Å². The van der Waals surface area contributed by atoms with Gasteiger partial charge in [-0.25, -0.2) is 4.79 Å². The third kappa shape index (κ3) is 3.46. The van der Waals surface area contributed by atoms with E-state index >= 15 is 0 Å². The Labute approximate surface area is 138 Å². The van der Waals surface area contributed by atoms with Crippen LogP contribution in [0.5, 0.6) is 5.75 Å². The Kier molecular flexibility index (Phi) is 4.61. The van der Waals surface area contributed by atoms with Gasteiger partial charge in [0.1, 0.15) is 11.3 Å². The predicted molar refractivity (Wildman–Crippen MR) is 91.3 cm³/mol. The molecular weight excluding hydrogens is 306 g/mol. The number of nitrogens with one attached hydrogen (secondary N) is 1. The summed E-state index contributed by atoms with van der Waals surface area (Å²) in [4.78, 5) is 24.2. The molecule has 2 aromatic carbocycles. The molecule has 24 heavy (non-hydrogen) atoms. The summed E-state index contributed by atoms with van der Waals surface area (Å²) in [5.74, 6) is 0.274. The lowest BCUT2D eigenvalue weighted by Crippen LogP contribution is -2.24. The first kappa shape index (κ1) is 15.8. The van der Waals surface area contributed by atoms with E-state index in [1.54, 1.807) is 18.2 Å².